The lowest BCUT2D eigenvalue weighted by Gasteiger charge is -2.31. The largest absolute Gasteiger partial charge is 0.508 e. The average Bonchev–Trinajstić information content (AvgIpc) is 2.98. The van der Waals surface area contributed by atoms with Crippen molar-refractivity contribution in [2.45, 2.75) is 57.9 Å². The second-order valence-corrected chi connectivity index (χ2v) is 11.3. The Morgan fingerprint density at radius 1 is 0.909 bits per heavy atom. The lowest BCUT2D eigenvalue weighted by atomic mass is 9.78. The highest BCUT2D eigenvalue weighted by atomic mass is 16.6. The smallest absolute Gasteiger partial charge is 0.492 e. The van der Waals surface area contributed by atoms with E-state index < -0.39 is 42.8 Å². The number of rotatable bonds is 12. The first-order valence-electron chi connectivity index (χ1n) is 14.0. The van der Waals surface area contributed by atoms with Gasteiger partial charge in [0.05, 0.1) is 7.11 Å². The maximum absolute atomic E-state index is 13.9. The van der Waals surface area contributed by atoms with Gasteiger partial charge in [0.2, 0.25) is 5.91 Å². The van der Waals surface area contributed by atoms with Gasteiger partial charge in [-0.2, -0.15) is 0 Å². The molecule has 0 aliphatic heterocycles. The first-order chi connectivity index (χ1) is 20.8. The quantitative estimate of drug-likeness (QED) is 0.180. The van der Waals surface area contributed by atoms with E-state index in [1.807, 2.05) is 18.2 Å². The predicted octanol–water partition coefficient (Wildman–Crippen LogP) is 2.33. The van der Waals surface area contributed by atoms with Gasteiger partial charge in [0.1, 0.15) is 35.8 Å². The van der Waals surface area contributed by atoms with E-state index >= 15 is 0 Å². The number of benzene rings is 3. The van der Waals surface area contributed by atoms with Crippen molar-refractivity contribution in [2.75, 3.05) is 14.2 Å². The molecule has 0 saturated heterocycles. The zero-order chi connectivity index (χ0) is 32.4. The van der Waals surface area contributed by atoms with Crippen LogP contribution in [0.2, 0.25) is 0 Å². The SMILES string of the molecule is COc1ccc(C[C@H](NC(=O)[C@H](Cc2ccc(O)cc2)N(C)C(=O)OC(C)(C)C)C(=O)OCc2ccccc2)cc1B(O)O. The molecule has 234 valence electrons. The van der Waals surface area contributed by atoms with Crippen LogP contribution in [-0.2, 0) is 38.5 Å². The molecule has 0 aromatic heterocycles. The molecule has 11 nitrogen and oxygen atoms in total. The number of hydrogen-bond donors (Lipinski definition) is 4. The summed E-state index contributed by atoms with van der Waals surface area (Å²) in [6.07, 6.45) is -0.751. The Balaban J connectivity index is 1.92. The van der Waals surface area contributed by atoms with Gasteiger partial charge >= 0.3 is 19.2 Å². The molecule has 0 spiro atoms. The van der Waals surface area contributed by atoms with Crippen molar-refractivity contribution >= 4 is 30.6 Å². The summed E-state index contributed by atoms with van der Waals surface area (Å²) < 4.78 is 16.3. The average molecular weight is 606 g/mol. The Morgan fingerprint density at radius 2 is 1.55 bits per heavy atom. The Kier molecular flexibility index (Phi) is 11.8. The van der Waals surface area contributed by atoms with Gasteiger partial charge in [0.25, 0.3) is 0 Å². The van der Waals surface area contributed by atoms with Gasteiger partial charge < -0.3 is 34.7 Å². The molecule has 0 aliphatic carbocycles. The molecule has 0 saturated carbocycles. The van der Waals surface area contributed by atoms with Crippen LogP contribution in [-0.4, -0.2) is 77.0 Å². The summed E-state index contributed by atoms with van der Waals surface area (Å²) >= 11 is 0. The van der Waals surface area contributed by atoms with E-state index in [1.54, 1.807) is 51.1 Å². The number of phenols is 1. The highest BCUT2D eigenvalue weighted by Crippen LogP contribution is 2.18. The van der Waals surface area contributed by atoms with E-state index in [4.69, 9.17) is 14.2 Å². The van der Waals surface area contributed by atoms with Crippen molar-refractivity contribution in [1.82, 2.24) is 10.2 Å². The van der Waals surface area contributed by atoms with Crippen LogP contribution in [0.5, 0.6) is 11.5 Å². The number of ether oxygens (including phenoxy) is 3. The number of amides is 2. The monoisotopic (exact) mass is 606 g/mol. The molecule has 3 aromatic rings. The number of aromatic hydroxyl groups is 1. The molecular formula is C32H39BN2O9. The summed E-state index contributed by atoms with van der Waals surface area (Å²) in [6.45, 7) is 5.08. The summed E-state index contributed by atoms with van der Waals surface area (Å²) in [5, 5.41) is 32.1. The number of carbonyl (C=O) groups is 3. The maximum atomic E-state index is 13.9. The molecule has 3 aromatic carbocycles. The number of hydrogen-bond acceptors (Lipinski definition) is 9. The zero-order valence-electron chi connectivity index (χ0n) is 25.5. The van der Waals surface area contributed by atoms with Crippen LogP contribution >= 0.6 is 0 Å². The van der Waals surface area contributed by atoms with Gasteiger partial charge in [-0.1, -0.05) is 54.6 Å². The van der Waals surface area contributed by atoms with Crippen molar-refractivity contribution in [1.29, 1.82) is 0 Å². The molecule has 0 heterocycles. The molecule has 0 bridgehead atoms. The number of esters is 1. The number of nitrogens with one attached hydrogen (secondary N) is 1. The summed E-state index contributed by atoms with van der Waals surface area (Å²) in [6, 6.07) is 17.5. The number of likely N-dealkylation sites (N-methyl/N-ethyl adjacent to an activating group) is 1. The second-order valence-electron chi connectivity index (χ2n) is 11.3. The van der Waals surface area contributed by atoms with Crippen molar-refractivity contribution in [3.63, 3.8) is 0 Å². The molecule has 0 aliphatic rings. The Bertz CT molecular complexity index is 1410. The third-order valence-electron chi connectivity index (χ3n) is 6.65. The van der Waals surface area contributed by atoms with Crippen LogP contribution < -0.4 is 15.5 Å². The fourth-order valence-corrected chi connectivity index (χ4v) is 4.36. The summed E-state index contributed by atoms with van der Waals surface area (Å²) in [7, 11) is 0.986. The molecular weight excluding hydrogens is 567 g/mol. The first-order valence-corrected chi connectivity index (χ1v) is 14.0. The highest BCUT2D eigenvalue weighted by molar-refractivity contribution is 6.59. The summed E-state index contributed by atoms with van der Waals surface area (Å²) in [5.41, 5.74) is 1.15. The van der Waals surface area contributed by atoms with Crippen LogP contribution in [0.4, 0.5) is 4.79 Å². The molecule has 2 atom stereocenters. The molecule has 12 heteroatoms. The van der Waals surface area contributed by atoms with Crippen molar-refractivity contribution in [3.05, 3.63) is 89.5 Å². The summed E-state index contributed by atoms with van der Waals surface area (Å²) in [4.78, 5) is 41.5. The number of phenolic OH excluding ortho intramolecular Hbond substituents is 1. The van der Waals surface area contributed by atoms with Gasteiger partial charge in [-0.15, -0.1) is 0 Å². The van der Waals surface area contributed by atoms with Crippen molar-refractivity contribution in [3.8, 4) is 11.5 Å². The van der Waals surface area contributed by atoms with Crippen molar-refractivity contribution in [2.24, 2.45) is 0 Å². The third-order valence-corrected chi connectivity index (χ3v) is 6.65. The van der Waals surface area contributed by atoms with E-state index in [0.717, 1.165) is 10.5 Å². The maximum Gasteiger partial charge on any atom is 0.492 e. The normalized spacial score (nSPS) is 12.4. The van der Waals surface area contributed by atoms with Gasteiger partial charge in [-0.25, -0.2) is 9.59 Å². The van der Waals surface area contributed by atoms with E-state index in [1.165, 1.54) is 38.4 Å². The molecule has 44 heavy (non-hydrogen) atoms. The van der Waals surface area contributed by atoms with Gasteiger partial charge in [-0.3, -0.25) is 9.69 Å². The van der Waals surface area contributed by atoms with E-state index in [9.17, 15) is 29.5 Å². The molecule has 3 rings (SSSR count). The van der Waals surface area contributed by atoms with E-state index in [2.05, 4.69) is 5.32 Å². The van der Waals surface area contributed by atoms with Gasteiger partial charge in [0, 0.05) is 25.4 Å². The Labute approximate surface area is 257 Å². The topological polar surface area (TPSA) is 155 Å². The lowest BCUT2D eigenvalue weighted by molar-refractivity contribution is -0.149. The second kappa shape index (κ2) is 15.3. The van der Waals surface area contributed by atoms with Gasteiger partial charge in [-0.05, 0) is 55.7 Å². The molecule has 0 radical (unpaired) electrons. The fraction of sp³-hybridized carbons (Fsp3) is 0.344. The number of nitrogens with zero attached hydrogens (tertiary/aromatic N) is 1. The molecule has 0 fully saturated rings. The molecule has 0 unspecified atom stereocenters. The predicted molar refractivity (Wildman–Crippen MR) is 164 cm³/mol. The van der Waals surface area contributed by atoms with E-state index in [-0.39, 0.29) is 36.4 Å². The van der Waals surface area contributed by atoms with Gasteiger partial charge in [0.15, 0.2) is 0 Å². The Morgan fingerprint density at radius 3 is 2.14 bits per heavy atom. The lowest BCUT2D eigenvalue weighted by Crippen LogP contribution is -2.54. The van der Waals surface area contributed by atoms with Crippen LogP contribution in [0.25, 0.3) is 0 Å². The van der Waals surface area contributed by atoms with Crippen LogP contribution in [0, 0.1) is 0 Å². The summed E-state index contributed by atoms with van der Waals surface area (Å²) in [5.74, 6) is -1.09. The zero-order valence-corrected chi connectivity index (χ0v) is 25.5. The minimum absolute atomic E-state index is 0.0377. The van der Waals surface area contributed by atoms with Crippen LogP contribution in [0.1, 0.15) is 37.5 Å². The highest BCUT2D eigenvalue weighted by Gasteiger charge is 2.34. The third kappa shape index (κ3) is 10.0. The molecule has 2 amide bonds. The minimum Gasteiger partial charge on any atom is -0.508 e. The first kappa shape index (κ1) is 34.0. The molecule has 4 N–H and O–H groups in total. The minimum atomic E-state index is -1.83. The Hall–Kier alpha value is -4.55. The number of methoxy groups -OCH3 is 1. The number of carbonyl (C=O) groups excluding carboxylic acids is 3. The van der Waals surface area contributed by atoms with E-state index in [0.29, 0.717) is 11.1 Å². The van der Waals surface area contributed by atoms with Crippen LogP contribution in [0.3, 0.4) is 0 Å². The van der Waals surface area contributed by atoms with Crippen LogP contribution in [0.15, 0.2) is 72.8 Å². The fourth-order valence-electron chi connectivity index (χ4n) is 4.36. The van der Waals surface area contributed by atoms with Crippen molar-refractivity contribution < 1.29 is 43.7 Å². The standard InChI is InChI=1S/C32H39BN2O9/c1-32(2,3)44-31(39)35(4)27(19-21-11-14-24(36)15-12-21)29(37)34-26(30(38)43-20-22-9-7-6-8-10-22)18-23-13-16-28(42-5)25(17-23)33(40)41/h6-17,26-27,36,40-41H,18-20H2,1-5H3,(H,34,37)/t26-,27-/m0/s1.